The van der Waals surface area contributed by atoms with Crippen molar-refractivity contribution in [3.63, 3.8) is 0 Å². The van der Waals surface area contributed by atoms with Crippen LogP contribution < -0.4 is 10.5 Å². The second kappa shape index (κ2) is 3.61. The fourth-order valence-corrected chi connectivity index (χ4v) is 2.05. The van der Waals surface area contributed by atoms with E-state index in [1.54, 1.807) is 6.92 Å². The van der Waals surface area contributed by atoms with Crippen LogP contribution in [0.4, 0.5) is 0 Å². The summed E-state index contributed by atoms with van der Waals surface area (Å²) in [5.41, 5.74) is 4.01. The maximum absolute atomic E-state index is 11.8. The van der Waals surface area contributed by atoms with E-state index in [2.05, 4.69) is 9.97 Å². The van der Waals surface area contributed by atoms with E-state index >= 15 is 0 Å². The molecule has 17 heavy (non-hydrogen) atoms. The molecule has 1 atom stereocenters. The van der Waals surface area contributed by atoms with E-state index in [4.69, 9.17) is 33.7 Å². The summed E-state index contributed by atoms with van der Waals surface area (Å²) in [5, 5.41) is 0. The van der Waals surface area contributed by atoms with Gasteiger partial charge in [-0.3, -0.25) is 9.59 Å². The molecule has 0 bridgehead atoms. The number of H-pyrrole nitrogens is 1. The van der Waals surface area contributed by atoms with E-state index in [9.17, 15) is 9.59 Å². The first-order valence-corrected chi connectivity index (χ1v) is 5.47. The molecule has 1 saturated carbocycles. The smallest absolute Gasteiger partial charge is 0.321 e. The van der Waals surface area contributed by atoms with Crippen LogP contribution in [0.15, 0.2) is 6.33 Å². The molecule has 3 N–H and O–H groups in total. The third-order valence-electron chi connectivity index (χ3n) is 2.75. The van der Waals surface area contributed by atoms with Gasteiger partial charge in [0.25, 0.3) is 11.8 Å². The number of carbonyl (C=O) groups is 2. The molecule has 2 rings (SSSR count). The summed E-state index contributed by atoms with van der Waals surface area (Å²) in [7, 11) is 0. The standard InChI is InChI=1S/C9H9Cl2N3O3/c1-8(2-9(8,10)11)7(16)17-6-4(5(12)15)13-3-14-6/h3H,2H2,1H3,(H2,12,15)(H,13,14). The van der Waals surface area contributed by atoms with Gasteiger partial charge in [0.15, 0.2) is 5.69 Å². The van der Waals surface area contributed by atoms with Crippen LogP contribution in [0.1, 0.15) is 23.8 Å². The van der Waals surface area contributed by atoms with Crippen molar-refractivity contribution in [2.45, 2.75) is 17.7 Å². The summed E-state index contributed by atoms with van der Waals surface area (Å²) in [5.74, 6) is -1.58. The minimum atomic E-state index is -1.13. The lowest BCUT2D eigenvalue weighted by Gasteiger charge is -2.10. The summed E-state index contributed by atoms with van der Waals surface area (Å²) >= 11 is 11.7. The Bertz CT molecular complexity index is 499. The van der Waals surface area contributed by atoms with Crippen molar-refractivity contribution in [1.29, 1.82) is 0 Å². The van der Waals surface area contributed by atoms with Crippen molar-refractivity contribution in [3.05, 3.63) is 12.0 Å². The van der Waals surface area contributed by atoms with E-state index in [-0.39, 0.29) is 18.0 Å². The van der Waals surface area contributed by atoms with Crippen LogP contribution in [-0.2, 0) is 4.79 Å². The van der Waals surface area contributed by atoms with Crippen molar-refractivity contribution in [2.75, 3.05) is 0 Å². The van der Waals surface area contributed by atoms with E-state index in [0.29, 0.717) is 0 Å². The second-order valence-electron chi connectivity index (χ2n) is 4.05. The van der Waals surface area contributed by atoms with Gasteiger partial charge in [0, 0.05) is 6.42 Å². The van der Waals surface area contributed by atoms with Gasteiger partial charge in [0.2, 0.25) is 0 Å². The lowest BCUT2D eigenvalue weighted by molar-refractivity contribution is -0.140. The molecule has 1 aromatic heterocycles. The molecule has 1 aliphatic rings. The maximum atomic E-state index is 11.8. The number of carbonyl (C=O) groups excluding carboxylic acids is 2. The third kappa shape index (κ3) is 1.87. The van der Waals surface area contributed by atoms with Crippen molar-refractivity contribution in [1.82, 2.24) is 9.97 Å². The number of aromatic amines is 1. The number of halogens is 2. The fourth-order valence-electron chi connectivity index (χ4n) is 1.36. The molecular formula is C9H9Cl2N3O3. The molecule has 6 nitrogen and oxygen atoms in total. The summed E-state index contributed by atoms with van der Waals surface area (Å²) in [6, 6.07) is 0. The van der Waals surface area contributed by atoms with Crippen LogP contribution in [0.5, 0.6) is 5.88 Å². The zero-order chi connectivity index (χ0) is 12.8. The Hall–Kier alpha value is -1.27. The Morgan fingerprint density at radius 3 is 2.65 bits per heavy atom. The Morgan fingerprint density at radius 2 is 2.18 bits per heavy atom. The number of alkyl halides is 2. The predicted octanol–water partition coefficient (Wildman–Crippen LogP) is 0.998. The highest BCUT2D eigenvalue weighted by molar-refractivity contribution is 6.53. The fraction of sp³-hybridized carbons (Fsp3) is 0.444. The molecule has 1 aliphatic carbocycles. The largest absolute Gasteiger partial charge is 0.404 e. The van der Waals surface area contributed by atoms with Gasteiger partial charge in [-0.2, -0.15) is 0 Å². The number of esters is 1. The minimum absolute atomic E-state index is 0.0719. The number of aromatic nitrogens is 2. The van der Waals surface area contributed by atoms with Gasteiger partial charge in [-0.05, 0) is 6.92 Å². The normalized spacial score (nSPS) is 25.4. The highest BCUT2D eigenvalue weighted by Crippen LogP contribution is 2.64. The van der Waals surface area contributed by atoms with E-state index in [1.807, 2.05) is 0 Å². The highest BCUT2D eigenvalue weighted by atomic mass is 35.5. The molecule has 0 radical (unpaired) electrons. The van der Waals surface area contributed by atoms with Crippen LogP contribution in [0.2, 0.25) is 0 Å². The molecule has 1 unspecified atom stereocenters. The van der Waals surface area contributed by atoms with Crippen molar-refractivity contribution < 1.29 is 14.3 Å². The third-order valence-corrected chi connectivity index (χ3v) is 3.85. The Labute approximate surface area is 106 Å². The van der Waals surface area contributed by atoms with E-state index < -0.39 is 21.6 Å². The van der Waals surface area contributed by atoms with E-state index in [0.717, 1.165) is 0 Å². The van der Waals surface area contributed by atoms with Crippen molar-refractivity contribution in [3.8, 4) is 5.88 Å². The topological polar surface area (TPSA) is 98.1 Å². The Balaban J connectivity index is 2.15. The average Bonchev–Trinajstić information content (AvgIpc) is 2.62. The lowest BCUT2D eigenvalue weighted by Crippen LogP contribution is -2.25. The van der Waals surface area contributed by atoms with E-state index in [1.165, 1.54) is 6.33 Å². The minimum Gasteiger partial charge on any atom is -0.404 e. The monoisotopic (exact) mass is 277 g/mol. The summed E-state index contributed by atoms with van der Waals surface area (Å²) < 4.78 is 3.83. The molecule has 92 valence electrons. The number of hydrogen-bond acceptors (Lipinski definition) is 4. The van der Waals surface area contributed by atoms with Gasteiger partial charge in [-0.15, -0.1) is 23.2 Å². The van der Waals surface area contributed by atoms with Crippen LogP contribution in [0, 0.1) is 5.41 Å². The van der Waals surface area contributed by atoms with Crippen molar-refractivity contribution in [2.24, 2.45) is 11.1 Å². The van der Waals surface area contributed by atoms with Gasteiger partial charge < -0.3 is 15.5 Å². The van der Waals surface area contributed by atoms with Gasteiger partial charge >= 0.3 is 5.97 Å². The molecule has 0 aromatic carbocycles. The molecule has 0 spiro atoms. The number of nitrogens with zero attached hydrogens (tertiary/aromatic N) is 1. The molecule has 1 heterocycles. The van der Waals surface area contributed by atoms with Crippen LogP contribution >= 0.6 is 23.2 Å². The zero-order valence-electron chi connectivity index (χ0n) is 8.79. The SMILES string of the molecule is CC1(C(=O)Oc2nc[nH]c2C(N)=O)CC1(Cl)Cl. The van der Waals surface area contributed by atoms with Crippen molar-refractivity contribution >= 4 is 35.1 Å². The number of nitrogens with two attached hydrogens (primary N) is 1. The molecule has 0 aliphatic heterocycles. The predicted molar refractivity (Wildman–Crippen MR) is 59.9 cm³/mol. The number of nitrogens with one attached hydrogen (secondary N) is 1. The van der Waals surface area contributed by atoms with Gasteiger partial charge in [-0.1, -0.05) is 0 Å². The number of amides is 1. The van der Waals surface area contributed by atoms with Crippen LogP contribution in [0.3, 0.4) is 0 Å². The molecule has 1 amide bonds. The Kier molecular flexibility index (Phi) is 2.59. The summed E-state index contributed by atoms with van der Waals surface area (Å²) in [6.45, 7) is 1.58. The number of hydrogen-bond donors (Lipinski definition) is 2. The van der Waals surface area contributed by atoms with Crippen LogP contribution in [-0.4, -0.2) is 26.2 Å². The molecule has 1 aromatic rings. The molecule has 8 heteroatoms. The second-order valence-corrected chi connectivity index (χ2v) is 5.53. The van der Waals surface area contributed by atoms with Gasteiger partial charge in [-0.25, -0.2) is 4.98 Å². The first-order chi connectivity index (χ1) is 7.78. The molecule has 0 saturated heterocycles. The number of primary amides is 1. The number of ether oxygens (including phenoxy) is 1. The quantitative estimate of drug-likeness (QED) is 0.636. The highest BCUT2D eigenvalue weighted by Gasteiger charge is 2.69. The summed E-state index contributed by atoms with van der Waals surface area (Å²) in [6.07, 6.45) is 1.49. The van der Waals surface area contributed by atoms with Crippen LogP contribution in [0.25, 0.3) is 0 Å². The van der Waals surface area contributed by atoms with Gasteiger partial charge in [0.05, 0.1) is 6.33 Å². The maximum Gasteiger partial charge on any atom is 0.321 e. The van der Waals surface area contributed by atoms with Gasteiger partial charge in [0.1, 0.15) is 9.75 Å². The Morgan fingerprint density at radius 1 is 1.59 bits per heavy atom. The summed E-state index contributed by atoms with van der Waals surface area (Å²) in [4.78, 5) is 28.9. The lowest BCUT2D eigenvalue weighted by atomic mass is 10.1. The molecule has 1 fully saturated rings. The first-order valence-electron chi connectivity index (χ1n) is 4.71. The zero-order valence-corrected chi connectivity index (χ0v) is 10.3. The average molecular weight is 278 g/mol. The first kappa shape index (κ1) is 12.2. The molecular weight excluding hydrogens is 269 g/mol. The number of rotatable bonds is 3. The number of imidazole rings is 1.